The van der Waals surface area contributed by atoms with Crippen molar-refractivity contribution >= 4 is 5.91 Å². The third-order valence-electron chi connectivity index (χ3n) is 3.31. The quantitative estimate of drug-likeness (QED) is 0.866. The van der Waals surface area contributed by atoms with E-state index >= 15 is 0 Å². The summed E-state index contributed by atoms with van der Waals surface area (Å²) in [6.45, 7) is 7.88. The third-order valence-corrected chi connectivity index (χ3v) is 3.31. The molecule has 1 aliphatic heterocycles. The van der Waals surface area contributed by atoms with Gasteiger partial charge in [-0.1, -0.05) is 12.1 Å². The average Bonchev–Trinajstić information content (AvgIpc) is 2.47. The molecule has 1 aliphatic rings. The van der Waals surface area contributed by atoms with E-state index in [4.69, 9.17) is 9.47 Å². The summed E-state index contributed by atoms with van der Waals surface area (Å²) in [5, 5.41) is 6.14. The van der Waals surface area contributed by atoms with Crippen LogP contribution >= 0.6 is 0 Å². The minimum absolute atomic E-state index is 0.0788. The summed E-state index contributed by atoms with van der Waals surface area (Å²) in [6, 6.07) is 7.72. The number of carbonyl (C=O) groups excluding carboxylic acids is 1. The van der Waals surface area contributed by atoms with Crippen molar-refractivity contribution in [2.75, 3.05) is 19.7 Å². The number of amides is 1. The summed E-state index contributed by atoms with van der Waals surface area (Å²) >= 11 is 0. The standard InChI is InChI=1S/C16H24N2O3/c1-11(2)21-14-6-4-5-13(9-14)12(3)18-16(19)15-10-17-7-8-20-15/h4-6,9,11-12,15,17H,7-8,10H2,1-3H3,(H,18,19). The van der Waals surface area contributed by atoms with E-state index in [1.165, 1.54) is 0 Å². The lowest BCUT2D eigenvalue weighted by Crippen LogP contribution is -2.48. The van der Waals surface area contributed by atoms with Gasteiger partial charge >= 0.3 is 0 Å². The highest BCUT2D eigenvalue weighted by atomic mass is 16.5. The second kappa shape index (κ2) is 7.43. The molecule has 1 aromatic carbocycles. The highest BCUT2D eigenvalue weighted by Gasteiger charge is 2.23. The van der Waals surface area contributed by atoms with Gasteiger partial charge in [0.05, 0.1) is 18.8 Å². The lowest BCUT2D eigenvalue weighted by Gasteiger charge is -2.25. The highest BCUT2D eigenvalue weighted by molar-refractivity contribution is 5.81. The molecule has 0 bridgehead atoms. The lowest BCUT2D eigenvalue weighted by molar-refractivity contribution is -0.134. The van der Waals surface area contributed by atoms with Crippen LogP contribution in [0.2, 0.25) is 0 Å². The van der Waals surface area contributed by atoms with Crippen molar-refractivity contribution in [2.45, 2.75) is 39.0 Å². The fraction of sp³-hybridized carbons (Fsp3) is 0.562. The van der Waals surface area contributed by atoms with E-state index < -0.39 is 6.10 Å². The second-order valence-corrected chi connectivity index (χ2v) is 5.53. The molecule has 0 radical (unpaired) electrons. The van der Waals surface area contributed by atoms with E-state index in [9.17, 15) is 4.79 Å². The molecule has 2 rings (SSSR count). The third kappa shape index (κ3) is 4.72. The maximum atomic E-state index is 12.1. The summed E-state index contributed by atoms with van der Waals surface area (Å²) < 4.78 is 11.1. The van der Waals surface area contributed by atoms with E-state index in [1.54, 1.807) is 0 Å². The summed E-state index contributed by atoms with van der Waals surface area (Å²) in [6.07, 6.45) is -0.275. The van der Waals surface area contributed by atoms with Crippen LogP contribution in [-0.4, -0.2) is 37.8 Å². The van der Waals surface area contributed by atoms with Crippen LogP contribution in [-0.2, 0) is 9.53 Å². The van der Waals surface area contributed by atoms with Gasteiger partial charge in [0.15, 0.2) is 0 Å². The fourth-order valence-electron chi connectivity index (χ4n) is 2.25. The normalized spacial score (nSPS) is 20.1. The first-order valence-corrected chi connectivity index (χ1v) is 7.45. The van der Waals surface area contributed by atoms with Crippen molar-refractivity contribution in [3.63, 3.8) is 0 Å². The molecule has 116 valence electrons. The van der Waals surface area contributed by atoms with Crippen molar-refractivity contribution in [3.05, 3.63) is 29.8 Å². The van der Waals surface area contributed by atoms with Crippen LogP contribution in [0, 0.1) is 0 Å². The van der Waals surface area contributed by atoms with Gasteiger partial charge < -0.3 is 20.1 Å². The van der Waals surface area contributed by atoms with Crippen molar-refractivity contribution < 1.29 is 14.3 Å². The van der Waals surface area contributed by atoms with Crippen molar-refractivity contribution in [2.24, 2.45) is 0 Å². The molecule has 0 spiro atoms. The molecule has 0 saturated carbocycles. The highest BCUT2D eigenvalue weighted by Crippen LogP contribution is 2.20. The molecule has 2 N–H and O–H groups in total. The fourth-order valence-corrected chi connectivity index (χ4v) is 2.25. The molecule has 21 heavy (non-hydrogen) atoms. The number of morpholine rings is 1. The van der Waals surface area contributed by atoms with Gasteiger partial charge in [-0.25, -0.2) is 0 Å². The average molecular weight is 292 g/mol. The Labute approximate surface area is 126 Å². The van der Waals surface area contributed by atoms with Crippen LogP contribution in [0.15, 0.2) is 24.3 Å². The van der Waals surface area contributed by atoms with Crippen LogP contribution in [0.1, 0.15) is 32.4 Å². The number of rotatable bonds is 5. The van der Waals surface area contributed by atoms with Gasteiger partial charge in [-0.15, -0.1) is 0 Å². The van der Waals surface area contributed by atoms with Crippen molar-refractivity contribution in [1.29, 1.82) is 0 Å². The zero-order valence-electron chi connectivity index (χ0n) is 12.9. The van der Waals surface area contributed by atoms with Crippen LogP contribution in [0.25, 0.3) is 0 Å². The zero-order valence-corrected chi connectivity index (χ0v) is 12.9. The number of hydrogen-bond acceptors (Lipinski definition) is 4. The molecule has 5 nitrogen and oxygen atoms in total. The number of nitrogens with one attached hydrogen (secondary N) is 2. The molecule has 1 aromatic rings. The lowest BCUT2D eigenvalue weighted by atomic mass is 10.1. The minimum Gasteiger partial charge on any atom is -0.491 e. The van der Waals surface area contributed by atoms with E-state index in [-0.39, 0.29) is 18.1 Å². The number of hydrogen-bond donors (Lipinski definition) is 2. The Morgan fingerprint density at radius 3 is 2.90 bits per heavy atom. The largest absolute Gasteiger partial charge is 0.491 e. The first-order valence-electron chi connectivity index (χ1n) is 7.45. The predicted octanol–water partition coefficient (Wildman–Crippen LogP) is 1.64. The molecule has 2 unspecified atom stereocenters. The summed E-state index contributed by atoms with van der Waals surface area (Å²) in [4.78, 5) is 12.1. The van der Waals surface area contributed by atoms with Gasteiger partial charge in [0, 0.05) is 13.1 Å². The maximum absolute atomic E-state index is 12.1. The van der Waals surface area contributed by atoms with Gasteiger partial charge in [0.25, 0.3) is 5.91 Å². The monoisotopic (exact) mass is 292 g/mol. The van der Waals surface area contributed by atoms with Crippen molar-refractivity contribution in [1.82, 2.24) is 10.6 Å². The smallest absolute Gasteiger partial charge is 0.250 e. The van der Waals surface area contributed by atoms with Gasteiger partial charge in [0.2, 0.25) is 0 Å². The molecular formula is C16H24N2O3. The Hall–Kier alpha value is -1.59. The molecule has 2 atom stereocenters. The van der Waals surface area contributed by atoms with Crippen LogP contribution < -0.4 is 15.4 Å². The van der Waals surface area contributed by atoms with Crippen LogP contribution in [0.3, 0.4) is 0 Å². The molecule has 1 fully saturated rings. The van der Waals surface area contributed by atoms with E-state index in [0.717, 1.165) is 17.9 Å². The summed E-state index contributed by atoms with van der Waals surface area (Å²) in [7, 11) is 0. The molecule has 1 amide bonds. The molecule has 1 heterocycles. The summed E-state index contributed by atoms with van der Waals surface area (Å²) in [5.41, 5.74) is 1.02. The first kappa shape index (κ1) is 15.8. The van der Waals surface area contributed by atoms with Gasteiger partial charge in [-0.2, -0.15) is 0 Å². The van der Waals surface area contributed by atoms with E-state index in [2.05, 4.69) is 10.6 Å². The molecule has 1 saturated heterocycles. The number of ether oxygens (including phenoxy) is 2. The maximum Gasteiger partial charge on any atom is 0.250 e. The Bertz CT molecular complexity index is 470. The van der Waals surface area contributed by atoms with Crippen LogP contribution in [0.4, 0.5) is 0 Å². The second-order valence-electron chi connectivity index (χ2n) is 5.53. The first-order chi connectivity index (χ1) is 10.1. The number of carbonyl (C=O) groups is 1. The summed E-state index contributed by atoms with van der Waals surface area (Å²) in [5.74, 6) is 0.740. The Morgan fingerprint density at radius 2 is 2.24 bits per heavy atom. The Kier molecular flexibility index (Phi) is 5.59. The molecule has 0 aromatic heterocycles. The topological polar surface area (TPSA) is 59.6 Å². The minimum atomic E-state index is -0.406. The number of benzene rings is 1. The van der Waals surface area contributed by atoms with E-state index in [0.29, 0.717) is 13.2 Å². The molecule has 0 aliphatic carbocycles. The van der Waals surface area contributed by atoms with Crippen LogP contribution in [0.5, 0.6) is 5.75 Å². The SMILES string of the molecule is CC(C)Oc1cccc(C(C)NC(=O)C2CNCCO2)c1. The van der Waals surface area contributed by atoms with Gasteiger partial charge in [-0.05, 0) is 38.5 Å². The van der Waals surface area contributed by atoms with Gasteiger partial charge in [0.1, 0.15) is 11.9 Å². The zero-order chi connectivity index (χ0) is 15.2. The Balaban J connectivity index is 1.95. The van der Waals surface area contributed by atoms with Crippen molar-refractivity contribution in [3.8, 4) is 5.75 Å². The molecular weight excluding hydrogens is 268 g/mol. The van der Waals surface area contributed by atoms with E-state index in [1.807, 2.05) is 45.0 Å². The predicted molar refractivity (Wildman–Crippen MR) is 81.4 cm³/mol. The Morgan fingerprint density at radius 1 is 1.43 bits per heavy atom. The van der Waals surface area contributed by atoms with Gasteiger partial charge in [-0.3, -0.25) is 4.79 Å². The molecule has 5 heteroatoms.